The minimum atomic E-state index is -0.155. The molecule has 0 spiro atoms. The molecule has 0 fully saturated rings. The summed E-state index contributed by atoms with van der Waals surface area (Å²) >= 11 is 8.45. The van der Waals surface area contributed by atoms with Gasteiger partial charge in [0.05, 0.1) is 10.4 Å². The fraction of sp³-hybridized carbons (Fsp3) is 0.125. The van der Waals surface area contributed by atoms with Crippen LogP contribution in [-0.2, 0) is 0 Å². The van der Waals surface area contributed by atoms with Crippen molar-refractivity contribution in [2.45, 2.75) is 0 Å². The lowest BCUT2D eigenvalue weighted by atomic mass is 10.1. The van der Waals surface area contributed by atoms with E-state index in [0.717, 1.165) is 0 Å². The average Bonchev–Trinajstić information content (AvgIpc) is 2.08. The summed E-state index contributed by atoms with van der Waals surface area (Å²) in [5.41, 5.74) is 0.495. The van der Waals surface area contributed by atoms with Crippen LogP contribution in [0.15, 0.2) is 22.7 Å². The van der Waals surface area contributed by atoms with Gasteiger partial charge in [0.1, 0.15) is 5.75 Å². The Labute approximate surface area is 83.3 Å². The predicted molar refractivity (Wildman–Crippen MR) is 50.9 cm³/mol. The van der Waals surface area contributed by atoms with E-state index in [1.807, 2.05) is 0 Å². The van der Waals surface area contributed by atoms with Crippen LogP contribution in [0, 0.1) is 0 Å². The van der Waals surface area contributed by atoms with Gasteiger partial charge < -0.3 is 5.11 Å². The van der Waals surface area contributed by atoms with Gasteiger partial charge in [-0.15, -0.1) is 11.6 Å². The van der Waals surface area contributed by atoms with Crippen LogP contribution in [0.3, 0.4) is 0 Å². The standard InChI is InChI=1S/C8H6BrClO2/c9-6-3-5(8(12)4-10)1-2-7(6)11/h1-3,11H,4H2. The highest BCUT2D eigenvalue weighted by Crippen LogP contribution is 2.24. The summed E-state index contributed by atoms with van der Waals surface area (Å²) in [6, 6.07) is 4.52. The van der Waals surface area contributed by atoms with Crippen LogP contribution < -0.4 is 0 Å². The molecule has 1 aromatic rings. The number of rotatable bonds is 2. The van der Waals surface area contributed by atoms with Gasteiger partial charge in [-0.3, -0.25) is 4.79 Å². The molecule has 4 heteroatoms. The van der Waals surface area contributed by atoms with Gasteiger partial charge in [0.25, 0.3) is 0 Å². The Kier molecular flexibility index (Phi) is 3.12. The van der Waals surface area contributed by atoms with Crippen molar-refractivity contribution >= 4 is 33.3 Å². The molecule has 0 heterocycles. The molecule has 1 N–H and O–H groups in total. The van der Waals surface area contributed by atoms with Crippen molar-refractivity contribution in [3.8, 4) is 5.75 Å². The molecule has 0 amide bonds. The number of aromatic hydroxyl groups is 1. The van der Waals surface area contributed by atoms with Gasteiger partial charge in [0, 0.05) is 5.56 Å². The molecule has 0 radical (unpaired) electrons. The van der Waals surface area contributed by atoms with Gasteiger partial charge in [-0.2, -0.15) is 0 Å². The fourth-order valence-corrected chi connectivity index (χ4v) is 1.29. The Bertz CT molecular complexity index is 312. The quantitative estimate of drug-likeness (QED) is 0.646. The van der Waals surface area contributed by atoms with Crippen molar-refractivity contribution in [3.63, 3.8) is 0 Å². The Morgan fingerprint density at radius 3 is 2.75 bits per heavy atom. The van der Waals surface area contributed by atoms with Crippen LogP contribution in [0.25, 0.3) is 0 Å². The summed E-state index contributed by atoms with van der Waals surface area (Å²) in [7, 11) is 0. The number of ketones is 1. The average molecular weight is 249 g/mol. The van der Waals surface area contributed by atoms with E-state index in [9.17, 15) is 4.79 Å². The Balaban J connectivity index is 3.05. The number of carbonyl (C=O) groups is 1. The first-order chi connectivity index (χ1) is 5.65. The molecule has 1 aromatic carbocycles. The molecule has 2 nitrogen and oxygen atoms in total. The fourth-order valence-electron chi connectivity index (χ4n) is 0.757. The summed E-state index contributed by atoms with van der Waals surface area (Å²) in [5.74, 6) is -0.0875. The van der Waals surface area contributed by atoms with Crippen LogP contribution >= 0.6 is 27.5 Å². The second-order valence-electron chi connectivity index (χ2n) is 2.22. The van der Waals surface area contributed by atoms with Crippen LogP contribution in [0.1, 0.15) is 10.4 Å². The maximum absolute atomic E-state index is 11.0. The van der Waals surface area contributed by atoms with Crippen LogP contribution in [0.5, 0.6) is 5.75 Å². The maximum Gasteiger partial charge on any atom is 0.177 e. The van der Waals surface area contributed by atoms with Gasteiger partial charge in [0.15, 0.2) is 5.78 Å². The van der Waals surface area contributed by atoms with Crippen molar-refractivity contribution in [1.82, 2.24) is 0 Å². The van der Waals surface area contributed by atoms with Gasteiger partial charge in [-0.1, -0.05) is 0 Å². The summed E-state index contributed by atoms with van der Waals surface area (Å²) < 4.78 is 0.499. The van der Waals surface area contributed by atoms with Crippen molar-refractivity contribution in [2.24, 2.45) is 0 Å². The topological polar surface area (TPSA) is 37.3 Å². The van der Waals surface area contributed by atoms with Crippen molar-refractivity contribution in [1.29, 1.82) is 0 Å². The molecule has 0 saturated heterocycles. The summed E-state index contributed by atoms with van der Waals surface area (Å²) in [5, 5.41) is 9.11. The van der Waals surface area contributed by atoms with Crippen molar-refractivity contribution in [2.75, 3.05) is 5.88 Å². The maximum atomic E-state index is 11.0. The number of halogens is 2. The number of alkyl halides is 1. The number of hydrogen-bond donors (Lipinski definition) is 1. The highest BCUT2D eigenvalue weighted by molar-refractivity contribution is 9.10. The van der Waals surface area contributed by atoms with E-state index in [-0.39, 0.29) is 17.4 Å². The first-order valence-electron chi connectivity index (χ1n) is 3.23. The first kappa shape index (κ1) is 9.55. The molecule has 0 atom stereocenters. The van der Waals surface area contributed by atoms with E-state index in [1.165, 1.54) is 12.1 Å². The van der Waals surface area contributed by atoms with Gasteiger partial charge in [-0.25, -0.2) is 0 Å². The number of phenols is 1. The molecule has 12 heavy (non-hydrogen) atoms. The normalized spacial score (nSPS) is 9.83. The molecule has 1 rings (SSSR count). The smallest absolute Gasteiger partial charge is 0.177 e. The number of hydrogen-bond acceptors (Lipinski definition) is 2. The third kappa shape index (κ3) is 1.99. The van der Waals surface area contributed by atoms with Crippen molar-refractivity contribution in [3.05, 3.63) is 28.2 Å². The van der Waals surface area contributed by atoms with Crippen molar-refractivity contribution < 1.29 is 9.90 Å². The molecule has 0 saturated carbocycles. The molecule has 0 unspecified atom stereocenters. The molecule has 0 aliphatic rings. The third-order valence-corrected chi connectivity index (χ3v) is 2.27. The van der Waals surface area contributed by atoms with Gasteiger partial charge in [0.2, 0.25) is 0 Å². The molecular formula is C8H6BrClO2. The number of benzene rings is 1. The van der Waals surface area contributed by atoms with E-state index in [1.54, 1.807) is 6.07 Å². The van der Waals surface area contributed by atoms with Gasteiger partial charge in [-0.05, 0) is 34.1 Å². The van der Waals surface area contributed by atoms with Gasteiger partial charge >= 0.3 is 0 Å². The monoisotopic (exact) mass is 248 g/mol. The SMILES string of the molecule is O=C(CCl)c1ccc(O)c(Br)c1. The van der Waals surface area contributed by atoms with Crippen LogP contribution in [0.4, 0.5) is 0 Å². The number of carbonyl (C=O) groups excluding carboxylic acids is 1. The first-order valence-corrected chi connectivity index (χ1v) is 4.55. The summed E-state index contributed by atoms with van der Waals surface area (Å²) in [6.07, 6.45) is 0. The van der Waals surface area contributed by atoms with E-state index < -0.39 is 0 Å². The lowest BCUT2D eigenvalue weighted by Gasteiger charge is -1.99. The van der Waals surface area contributed by atoms with E-state index in [0.29, 0.717) is 10.0 Å². The summed E-state index contributed by atoms with van der Waals surface area (Å²) in [4.78, 5) is 11.0. The lowest BCUT2D eigenvalue weighted by Crippen LogP contribution is -1.99. The van der Waals surface area contributed by atoms with E-state index >= 15 is 0 Å². The molecule has 0 aliphatic heterocycles. The minimum absolute atomic E-state index is 0.0444. The zero-order valence-electron chi connectivity index (χ0n) is 6.05. The number of phenolic OH excluding ortho intramolecular Hbond substituents is 1. The lowest BCUT2D eigenvalue weighted by molar-refractivity contribution is 0.102. The molecule has 64 valence electrons. The highest BCUT2D eigenvalue weighted by atomic mass is 79.9. The Hall–Kier alpha value is -0.540. The Morgan fingerprint density at radius 2 is 2.25 bits per heavy atom. The van der Waals surface area contributed by atoms with E-state index in [2.05, 4.69) is 15.9 Å². The second-order valence-corrected chi connectivity index (χ2v) is 3.34. The molecular weight excluding hydrogens is 243 g/mol. The number of Topliss-reactive ketones (excluding diaryl/α,β-unsaturated/α-hetero) is 1. The van der Waals surface area contributed by atoms with Crippen LogP contribution in [-0.4, -0.2) is 16.8 Å². The molecule has 0 aliphatic carbocycles. The molecule has 0 aromatic heterocycles. The largest absolute Gasteiger partial charge is 0.507 e. The zero-order chi connectivity index (χ0) is 9.14. The highest BCUT2D eigenvalue weighted by Gasteiger charge is 2.05. The summed E-state index contributed by atoms with van der Waals surface area (Å²) in [6.45, 7) is 0. The Morgan fingerprint density at radius 1 is 1.58 bits per heavy atom. The molecule has 0 bridgehead atoms. The minimum Gasteiger partial charge on any atom is -0.507 e. The van der Waals surface area contributed by atoms with Crippen LogP contribution in [0.2, 0.25) is 0 Å². The van der Waals surface area contributed by atoms with E-state index in [4.69, 9.17) is 16.7 Å². The second kappa shape index (κ2) is 3.92. The predicted octanol–water partition coefficient (Wildman–Crippen LogP) is 2.58. The zero-order valence-corrected chi connectivity index (χ0v) is 8.39. The third-order valence-electron chi connectivity index (χ3n) is 1.39.